The maximum Gasteiger partial charge on any atom is 0.205 e. The van der Waals surface area contributed by atoms with E-state index in [1.165, 1.54) is 11.1 Å². The Morgan fingerprint density at radius 2 is 2.06 bits per heavy atom. The van der Waals surface area contributed by atoms with Crippen LogP contribution in [0, 0.1) is 0 Å². The Bertz CT molecular complexity index is 407. The highest BCUT2D eigenvalue weighted by Crippen LogP contribution is 2.37. The SMILES string of the molecule is CC(C)c1cc(CBr)c2c(c1)COC(C)(C)O2. The fourth-order valence-electron chi connectivity index (χ4n) is 1.98. The lowest BCUT2D eigenvalue weighted by molar-refractivity contribution is -0.180. The average Bonchev–Trinajstić information content (AvgIpc) is 2.26. The van der Waals surface area contributed by atoms with Crippen molar-refractivity contribution in [2.45, 2.75) is 51.3 Å². The molecule has 0 fully saturated rings. The summed E-state index contributed by atoms with van der Waals surface area (Å²) in [6, 6.07) is 4.42. The van der Waals surface area contributed by atoms with Crippen LogP contribution in [0.1, 0.15) is 50.3 Å². The van der Waals surface area contributed by atoms with Crippen molar-refractivity contribution in [3.05, 3.63) is 28.8 Å². The summed E-state index contributed by atoms with van der Waals surface area (Å²) in [5, 5.41) is 0.811. The van der Waals surface area contributed by atoms with Crippen molar-refractivity contribution in [2.75, 3.05) is 0 Å². The molecular formula is C14H19BrO2. The Morgan fingerprint density at radius 3 is 2.65 bits per heavy atom. The first-order valence-corrected chi connectivity index (χ1v) is 7.09. The van der Waals surface area contributed by atoms with E-state index in [4.69, 9.17) is 9.47 Å². The van der Waals surface area contributed by atoms with Gasteiger partial charge in [0.25, 0.3) is 0 Å². The first kappa shape index (κ1) is 12.9. The fraction of sp³-hybridized carbons (Fsp3) is 0.571. The normalized spacial score (nSPS) is 17.8. The summed E-state index contributed by atoms with van der Waals surface area (Å²) in [7, 11) is 0. The van der Waals surface area contributed by atoms with Crippen LogP contribution in [0.2, 0.25) is 0 Å². The minimum absolute atomic E-state index is 0.521. The number of hydrogen-bond acceptors (Lipinski definition) is 2. The summed E-state index contributed by atoms with van der Waals surface area (Å²) in [6.45, 7) is 8.93. The zero-order chi connectivity index (χ0) is 12.6. The van der Waals surface area contributed by atoms with E-state index in [1.807, 2.05) is 13.8 Å². The third kappa shape index (κ3) is 2.66. The van der Waals surface area contributed by atoms with Gasteiger partial charge in [-0.2, -0.15) is 0 Å². The van der Waals surface area contributed by atoms with Gasteiger partial charge in [0.1, 0.15) is 5.75 Å². The highest BCUT2D eigenvalue weighted by atomic mass is 79.9. The zero-order valence-corrected chi connectivity index (χ0v) is 12.4. The van der Waals surface area contributed by atoms with Crippen LogP contribution in [0.3, 0.4) is 0 Å². The molecule has 1 aliphatic rings. The Labute approximate surface area is 111 Å². The van der Waals surface area contributed by atoms with Gasteiger partial charge in [-0.3, -0.25) is 0 Å². The molecule has 0 aromatic heterocycles. The van der Waals surface area contributed by atoms with E-state index in [-0.39, 0.29) is 0 Å². The monoisotopic (exact) mass is 298 g/mol. The van der Waals surface area contributed by atoms with Gasteiger partial charge in [-0.15, -0.1) is 0 Å². The molecule has 3 heteroatoms. The topological polar surface area (TPSA) is 18.5 Å². The van der Waals surface area contributed by atoms with Crippen molar-refractivity contribution in [3.8, 4) is 5.75 Å². The summed E-state index contributed by atoms with van der Waals surface area (Å²) < 4.78 is 11.6. The summed E-state index contributed by atoms with van der Waals surface area (Å²) >= 11 is 3.54. The molecule has 1 heterocycles. The quantitative estimate of drug-likeness (QED) is 0.756. The number of benzene rings is 1. The third-order valence-electron chi connectivity index (χ3n) is 3.00. The molecule has 0 unspecified atom stereocenters. The molecule has 1 aliphatic heterocycles. The van der Waals surface area contributed by atoms with Gasteiger partial charge >= 0.3 is 0 Å². The van der Waals surface area contributed by atoms with Crippen LogP contribution in [0.25, 0.3) is 0 Å². The molecule has 0 amide bonds. The third-order valence-corrected chi connectivity index (χ3v) is 3.60. The predicted molar refractivity (Wildman–Crippen MR) is 72.7 cm³/mol. The molecule has 0 spiro atoms. The number of rotatable bonds is 2. The summed E-state index contributed by atoms with van der Waals surface area (Å²) in [5.74, 6) is 0.985. The molecule has 1 aromatic rings. The van der Waals surface area contributed by atoms with Crippen molar-refractivity contribution in [2.24, 2.45) is 0 Å². The van der Waals surface area contributed by atoms with Crippen LogP contribution < -0.4 is 4.74 Å². The van der Waals surface area contributed by atoms with Crippen LogP contribution in [0.5, 0.6) is 5.75 Å². The van der Waals surface area contributed by atoms with Crippen LogP contribution >= 0.6 is 15.9 Å². The molecule has 1 aromatic carbocycles. The second-order valence-corrected chi connectivity index (χ2v) is 5.81. The standard InChI is InChI=1S/C14H19BrO2/c1-9(2)10-5-11(7-15)13-12(6-10)8-16-14(3,4)17-13/h5-6,9H,7-8H2,1-4H3. The lowest BCUT2D eigenvalue weighted by Gasteiger charge is -2.34. The molecule has 0 N–H and O–H groups in total. The van der Waals surface area contributed by atoms with Gasteiger partial charge < -0.3 is 9.47 Å². The van der Waals surface area contributed by atoms with E-state index in [0.717, 1.165) is 16.6 Å². The van der Waals surface area contributed by atoms with Crippen molar-refractivity contribution >= 4 is 15.9 Å². The number of hydrogen-bond donors (Lipinski definition) is 0. The second kappa shape index (κ2) is 4.62. The van der Waals surface area contributed by atoms with Gasteiger partial charge in [-0.1, -0.05) is 35.8 Å². The Balaban J connectivity index is 2.48. The smallest absolute Gasteiger partial charge is 0.205 e. The van der Waals surface area contributed by atoms with Gasteiger partial charge in [0.15, 0.2) is 0 Å². The van der Waals surface area contributed by atoms with Crippen molar-refractivity contribution in [3.63, 3.8) is 0 Å². The lowest BCUT2D eigenvalue weighted by atomic mass is 9.97. The van der Waals surface area contributed by atoms with Crippen LogP contribution in [0.4, 0.5) is 0 Å². The Morgan fingerprint density at radius 1 is 1.35 bits per heavy atom. The molecule has 0 bridgehead atoms. The highest BCUT2D eigenvalue weighted by molar-refractivity contribution is 9.08. The van der Waals surface area contributed by atoms with Crippen molar-refractivity contribution in [1.29, 1.82) is 0 Å². The predicted octanol–water partition coefficient (Wildman–Crippen LogP) is 4.35. The second-order valence-electron chi connectivity index (χ2n) is 5.25. The van der Waals surface area contributed by atoms with Crippen molar-refractivity contribution in [1.82, 2.24) is 0 Å². The molecular weight excluding hydrogens is 280 g/mol. The maximum atomic E-state index is 5.92. The average molecular weight is 299 g/mol. The largest absolute Gasteiger partial charge is 0.462 e. The summed E-state index contributed by atoms with van der Waals surface area (Å²) in [6.07, 6.45) is 0. The van der Waals surface area contributed by atoms with E-state index in [9.17, 15) is 0 Å². The lowest BCUT2D eigenvalue weighted by Crippen LogP contribution is -2.35. The van der Waals surface area contributed by atoms with E-state index < -0.39 is 5.79 Å². The zero-order valence-electron chi connectivity index (χ0n) is 10.8. The number of alkyl halides is 1. The maximum absolute atomic E-state index is 5.92. The van der Waals surface area contributed by atoms with Gasteiger partial charge in [-0.05, 0) is 17.5 Å². The van der Waals surface area contributed by atoms with E-state index >= 15 is 0 Å². The van der Waals surface area contributed by atoms with Gasteiger partial charge in [-0.25, -0.2) is 0 Å². The Hall–Kier alpha value is -0.540. The fourth-order valence-corrected chi connectivity index (χ4v) is 2.40. The molecule has 2 rings (SSSR count). The van der Waals surface area contributed by atoms with Crippen LogP contribution in [-0.4, -0.2) is 5.79 Å². The summed E-state index contributed by atoms with van der Waals surface area (Å²) in [5.41, 5.74) is 3.71. The number of halogens is 1. The molecule has 0 atom stereocenters. The van der Waals surface area contributed by atoms with Crippen LogP contribution in [-0.2, 0) is 16.7 Å². The van der Waals surface area contributed by atoms with Gasteiger partial charge in [0.05, 0.1) is 6.61 Å². The first-order chi connectivity index (χ1) is 7.93. The Kier molecular flexibility index (Phi) is 3.50. The highest BCUT2D eigenvalue weighted by Gasteiger charge is 2.29. The molecule has 0 radical (unpaired) electrons. The molecule has 94 valence electrons. The number of fused-ring (bicyclic) bond motifs is 1. The van der Waals surface area contributed by atoms with Gasteiger partial charge in [0, 0.05) is 30.3 Å². The minimum atomic E-state index is -0.525. The van der Waals surface area contributed by atoms with E-state index in [0.29, 0.717) is 12.5 Å². The summed E-state index contributed by atoms with van der Waals surface area (Å²) in [4.78, 5) is 0. The van der Waals surface area contributed by atoms with Gasteiger partial charge in [0.2, 0.25) is 5.79 Å². The molecule has 0 saturated carbocycles. The molecule has 0 aliphatic carbocycles. The molecule has 0 saturated heterocycles. The molecule has 17 heavy (non-hydrogen) atoms. The first-order valence-electron chi connectivity index (χ1n) is 5.97. The van der Waals surface area contributed by atoms with E-state index in [1.54, 1.807) is 0 Å². The van der Waals surface area contributed by atoms with Crippen LogP contribution in [0.15, 0.2) is 12.1 Å². The van der Waals surface area contributed by atoms with E-state index in [2.05, 4.69) is 41.9 Å². The molecule has 2 nitrogen and oxygen atoms in total. The van der Waals surface area contributed by atoms with Crippen molar-refractivity contribution < 1.29 is 9.47 Å². The number of ether oxygens (including phenoxy) is 2. The minimum Gasteiger partial charge on any atom is -0.462 e.